The molecule has 7 nitrogen and oxygen atoms in total. The van der Waals surface area contributed by atoms with Crippen LogP contribution in [0.4, 0.5) is 0 Å². The second kappa shape index (κ2) is 14.0. The Morgan fingerprint density at radius 1 is 0.833 bits per heavy atom. The largest absolute Gasteiger partial charge is 0.492 e. The summed E-state index contributed by atoms with van der Waals surface area (Å²) in [5.74, 6) is 0.0710. The van der Waals surface area contributed by atoms with Crippen molar-refractivity contribution in [3.8, 4) is 5.75 Å². The molecule has 0 aliphatic rings. The molecule has 0 radical (unpaired) electrons. The molecule has 2 amide bonds. The molecule has 0 aliphatic carbocycles. The first-order chi connectivity index (χ1) is 17.4. The van der Waals surface area contributed by atoms with Crippen LogP contribution in [0.1, 0.15) is 21.5 Å². The summed E-state index contributed by atoms with van der Waals surface area (Å²) in [6.07, 6.45) is 0.785. The molecular formula is C29H35N3O4. The van der Waals surface area contributed by atoms with E-state index >= 15 is 0 Å². The standard InChI is InChI=1S/C29H35N3O4/c1-32(2)17-18-36-26-15-13-23(14-16-26)20-27(31-28(34)24-11-7-4-8-12-24)29(35)30-25(21-33)19-22-9-5-3-6-10-22/h3-16,25,27,33H,17-21H2,1-2H3,(H,30,35)(H,31,34)/t25-,27-/m0/s1. The molecule has 0 unspecified atom stereocenters. The van der Waals surface area contributed by atoms with E-state index in [1.165, 1.54) is 0 Å². The van der Waals surface area contributed by atoms with Gasteiger partial charge in [-0.1, -0.05) is 60.7 Å². The monoisotopic (exact) mass is 489 g/mol. The molecule has 190 valence electrons. The third-order valence-corrected chi connectivity index (χ3v) is 5.72. The molecule has 2 atom stereocenters. The smallest absolute Gasteiger partial charge is 0.251 e. The zero-order valence-corrected chi connectivity index (χ0v) is 20.9. The molecule has 0 spiro atoms. The SMILES string of the molecule is CN(C)CCOc1ccc(C[C@H](NC(=O)c2ccccc2)C(=O)N[C@H](CO)Cc2ccccc2)cc1. The van der Waals surface area contributed by atoms with Gasteiger partial charge in [0.05, 0.1) is 12.6 Å². The van der Waals surface area contributed by atoms with Crippen LogP contribution in [0.3, 0.4) is 0 Å². The Bertz CT molecular complexity index is 1070. The summed E-state index contributed by atoms with van der Waals surface area (Å²) in [5.41, 5.74) is 2.36. The van der Waals surface area contributed by atoms with Crippen LogP contribution in [-0.4, -0.2) is 67.8 Å². The number of aliphatic hydroxyl groups is 1. The Kier molecular flexibility index (Phi) is 10.5. The summed E-state index contributed by atoms with van der Waals surface area (Å²) in [7, 11) is 3.98. The molecule has 3 aromatic rings. The van der Waals surface area contributed by atoms with Crippen molar-refractivity contribution in [3.05, 3.63) is 102 Å². The van der Waals surface area contributed by atoms with Crippen LogP contribution in [0.15, 0.2) is 84.9 Å². The highest BCUT2D eigenvalue weighted by Crippen LogP contribution is 2.14. The van der Waals surface area contributed by atoms with Crippen LogP contribution in [0.2, 0.25) is 0 Å². The molecule has 0 saturated heterocycles. The van der Waals surface area contributed by atoms with Gasteiger partial charge in [0.15, 0.2) is 0 Å². The number of aliphatic hydroxyl groups excluding tert-OH is 1. The molecule has 0 heterocycles. The van der Waals surface area contributed by atoms with Gasteiger partial charge in [-0.3, -0.25) is 9.59 Å². The van der Waals surface area contributed by atoms with Crippen molar-refractivity contribution in [1.29, 1.82) is 0 Å². The van der Waals surface area contributed by atoms with Gasteiger partial charge in [0, 0.05) is 18.5 Å². The quantitative estimate of drug-likeness (QED) is 0.344. The fourth-order valence-corrected chi connectivity index (χ4v) is 3.71. The first-order valence-corrected chi connectivity index (χ1v) is 12.1. The number of ether oxygens (including phenoxy) is 1. The number of nitrogens with one attached hydrogen (secondary N) is 2. The predicted molar refractivity (Wildman–Crippen MR) is 141 cm³/mol. The molecule has 0 fully saturated rings. The van der Waals surface area contributed by atoms with Gasteiger partial charge in [-0.15, -0.1) is 0 Å². The molecule has 0 saturated carbocycles. The number of hydrogen-bond donors (Lipinski definition) is 3. The Hall–Kier alpha value is -3.68. The molecular weight excluding hydrogens is 454 g/mol. The lowest BCUT2D eigenvalue weighted by molar-refractivity contribution is -0.124. The number of likely N-dealkylation sites (N-methyl/N-ethyl adjacent to an activating group) is 1. The summed E-state index contributed by atoms with van der Waals surface area (Å²) < 4.78 is 5.75. The van der Waals surface area contributed by atoms with Gasteiger partial charge in [-0.25, -0.2) is 0 Å². The van der Waals surface area contributed by atoms with E-state index in [4.69, 9.17) is 4.74 Å². The average Bonchev–Trinajstić information content (AvgIpc) is 2.89. The third kappa shape index (κ3) is 8.83. The van der Waals surface area contributed by atoms with Crippen molar-refractivity contribution >= 4 is 11.8 Å². The molecule has 0 aliphatic heterocycles. The number of rotatable bonds is 13. The lowest BCUT2D eigenvalue weighted by atomic mass is 10.0. The number of carbonyl (C=O) groups excluding carboxylic acids is 2. The number of nitrogens with zero attached hydrogens (tertiary/aromatic N) is 1. The van der Waals surface area contributed by atoms with Crippen molar-refractivity contribution in [2.75, 3.05) is 33.9 Å². The van der Waals surface area contributed by atoms with E-state index in [1.54, 1.807) is 24.3 Å². The van der Waals surface area contributed by atoms with Gasteiger partial charge in [0.2, 0.25) is 5.91 Å². The van der Waals surface area contributed by atoms with Crippen molar-refractivity contribution in [2.24, 2.45) is 0 Å². The summed E-state index contributed by atoms with van der Waals surface area (Å²) in [5, 5.41) is 15.7. The highest BCUT2D eigenvalue weighted by atomic mass is 16.5. The first kappa shape index (κ1) is 26.9. The van der Waals surface area contributed by atoms with E-state index in [0.717, 1.165) is 23.4 Å². The van der Waals surface area contributed by atoms with E-state index in [-0.39, 0.29) is 18.4 Å². The lowest BCUT2D eigenvalue weighted by Crippen LogP contribution is -2.52. The van der Waals surface area contributed by atoms with Gasteiger partial charge in [0.25, 0.3) is 5.91 Å². The normalized spacial score (nSPS) is 12.6. The highest BCUT2D eigenvalue weighted by molar-refractivity contribution is 5.97. The van der Waals surface area contributed by atoms with Gasteiger partial charge in [0.1, 0.15) is 18.4 Å². The second-order valence-electron chi connectivity index (χ2n) is 8.97. The summed E-state index contributed by atoms with van der Waals surface area (Å²) in [6, 6.07) is 24.7. The minimum atomic E-state index is -0.817. The van der Waals surface area contributed by atoms with Crippen molar-refractivity contribution in [2.45, 2.75) is 24.9 Å². The summed E-state index contributed by atoms with van der Waals surface area (Å²) in [6.45, 7) is 1.18. The Labute approximate surface area is 213 Å². The van der Waals surface area contributed by atoms with Crippen LogP contribution in [0, 0.1) is 0 Å². The molecule has 0 aromatic heterocycles. The fourth-order valence-electron chi connectivity index (χ4n) is 3.71. The van der Waals surface area contributed by atoms with Gasteiger partial charge >= 0.3 is 0 Å². The van der Waals surface area contributed by atoms with Crippen LogP contribution >= 0.6 is 0 Å². The topological polar surface area (TPSA) is 90.9 Å². The molecule has 3 N–H and O–H groups in total. The van der Waals surface area contributed by atoms with E-state index in [9.17, 15) is 14.7 Å². The van der Waals surface area contributed by atoms with Crippen LogP contribution in [0.25, 0.3) is 0 Å². The molecule has 3 aromatic carbocycles. The second-order valence-corrected chi connectivity index (χ2v) is 8.97. The Morgan fingerprint density at radius 2 is 1.44 bits per heavy atom. The zero-order chi connectivity index (χ0) is 25.8. The van der Waals surface area contributed by atoms with E-state index in [0.29, 0.717) is 25.0 Å². The maximum atomic E-state index is 13.3. The van der Waals surface area contributed by atoms with E-state index in [1.807, 2.05) is 79.7 Å². The van der Waals surface area contributed by atoms with Gasteiger partial charge in [-0.2, -0.15) is 0 Å². The average molecular weight is 490 g/mol. The summed E-state index contributed by atoms with van der Waals surface area (Å²) >= 11 is 0. The predicted octanol–water partition coefficient (Wildman–Crippen LogP) is 2.69. The molecule has 3 rings (SSSR count). The first-order valence-electron chi connectivity index (χ1n) is 12.1. The third-order valence-electron chi connectivity index (χ3n) is 5.72. The molecule has 36 heavy (non-hydrogen) atoms. The minimum absolute atomic E-state index is 0.209. The van der Waals surface area contributed by atoms with Gasteiger partial charge < -0.3 is 25.4 Å². The van der Waals surface area contributed by atoms with Crippen LogP contribution in [0.5, 0.6) is 5.75 Å². The maximum absolute atomic E-state index is 13.3. The number of benzene rings is 3. The van der Waals surface area contributed by atoms with Crippen molar-refractivity contribution < 1.29 is 19.4 Å². The maximum Gasteiger partial charge on any atom is 0.251 e. The van der Waals surface area contributed by atoms with Gasteiger partial charge in [-0.05, 0) is 55.9 Å². The van der Waals surface area contributed by atoms with Crippen LogP contribution in [-0.2, 0) is 17.6 Å². The number of hydrogen-bond acceptors (Lipinski definition) is 5. The van der Waals surface area contributed by atoms with E-state index in [2.05, 4.69) is 10.6 Å². The lowest BCUT2D eigenvalue weighted by Gasteiger charge is -2.23. The minimum Gasteiger partial charge on any atom is -0.492 e. The summed E-state index contributed by atoms with van der Waals surface area (Å²) in [4.78, 5) is 28.2. The molecule has 0 bridgehead atoms. The van der Waals surface area contributed by atoms with Crippen molar-refractivity contribution in [3.63, 3.8) is 0 Å². The number of carbonyl (C=O) groups is 2. The van der Waals surface area contributed by atoms with Crippen LogP contribution < -0.4 is 15.4 Å². The van der Waals surface area contributed by atoms with Crippen molar-refractivity contribution in [1.82, 2.24) is 15.5 Å². The fraction of sp³-hybridized carbons (Fsp3) is 0.310. The molecule has 7 heteroatoms. The Morgan fingerprint density at radius 3 is 2.06 bits per heavy atom. The zero-order valence-electron chi connectivity index (χ0n) is 20.9. The highest BCUT2D eigenvalue weighted by Gasteiger charge is 2.24. The van der Waals surface area contributed by atoms with E-state index < -0.39 is 12.1 Å². The number of amides is 2. The Balaban J connectivity index is 1.70.